The van der Waals surface area contributed by atoms with E-state index in [0.29, 0.717) is 16.0 Å². The number of rotatable bonds is 7. The molecule has 0 bridgehead atoms. The highest BCUT2D eigenvalue weighted by Gasteiger charge is 2.38. The molecule has 0 aromatic heterocycles. The minimum Gasteiger partial charge on any atom is -0.379 e. The first-order valence-corrected chi connectivity index (χ1v) is 7.68. The Kier molecular flexibility index (Phi) is 5.37. The molecule has 1 aliphatic rings. The van der Waals surface area contributed by atoms with Gasteiger partial charge in [0.2, 0.25) is 0 Å². The van der Waals surface area contributed by atoms with Gasteiger partial charge in [0.05, 0.1) is 16.6 Å². The van der Waals surface area contributed by atoms with Crippen LogP contribution in [0, 0.1) is 11.7 Å². The van der Waals surface area contributed by atoms with E-state index in [0.717, 1.165) is 13.0 Å². The van der Waals surface area contributed by atoms with Crippen LogP contribution in [0.1, 0.15) is 37.8 Å². The third-order valence-electron chi connectivity index (χ3n) is 3.62. The average molecular weight is 330 g/mol. The first kappa shape index (κ1) is 14.9. The van der Waals surface area contributed by atoms with Crippen LogP contribution in [0.5, 0.6) is 0 Å². The number of hydrogen-bond donors (Lipinski definition) is 1. The normalized spacial score (nSPS) is 18.3. The molecule has 2 rings (SSSR count). The predicted octanol–water partition coefficient (Wildman–Crippen LogP) is 4.05. The molecule has 4 heteroatoms. The van der Waals surface area contributed by atoms with Crippen molar-refractivity contribution >= 4 is 15.9 Å². The third-order valence-corrected chi connectivity index (χ3v) is 4.23. The molecule has 0 aliphatic heterocycles. The van der Waals surface area contributed by atoms with E-state index in [1.807, 2.05) is 12.1 Å². The van der Waals surface area contributed by atoms with E-state index >= 15 is 0 Å². The highest BCUT2D eigenvalue weighted by Crippen LogP contribution is 2.40. The van der Waals surface area contributed by atoms with Crippen molar-refractivity contribution in [1.29, 1.82) is 0 Å². The molecule has 1 fully saturated rings. The summed E-state index contributed by atoms with van der Waals surface area (Å²) in [4.78, 5) is 0. The molecule has 2 nitrogen and oxygen atoms in total. The van der Waals surface area contributed by atoms with E-state index in [1.54, 1.807) is 13.2 Å². The SMILES string of the molecule is CCCNC(c1cccc(Br)c1F)C(OC)C1CC1. The number of ether oxygens (including phenoxy) is 1. The minimum absolute atomic E-state index is 0.0512. The number of methoxy groups -OCH3 is 1. The summed E-state index contributed by atoms with van der Waals surface area (Å²) in [5, 5.41) is 3.44. The summed E-state index contributed by atoms with van der Waals surface area (Å²) in [6, 6.07) is 5.38. The van der Waals surface area contributed by atoms with Crippen molar-refractivity contribution < 1.29 is 9.13 Å². The van der Waals surface area contributed by atoms with Gasteiger partial charge in [-0.2, -0.15) is 0 Å². The van der Waals surface area contributed by atoms with E-state index in [1.165, 1.54) is 12.8 Å². The largest absolute Gasteiger partial charge is 0.379 e. The molecule has 2 atom stereocenters. The van der Waals surface area contributed by atoms with Crippen LogP contribution in [0.3, 0.4) is 0 Å². The van der Waals surface area contributed by atoms with Crippen LogP contribution < -0.4 is 5.32 Å². The molecule has 19 heavy (non-hydrogen) atoms. The molecule has 1 aliphatic carbocycles. The zero-order valence-electron chi connectivity index (χ0n) is 11.5. The van der Waals surface area contributed by atoms with Gasteiger partial charge in [0.15, 0.2) is 0 Å². The van der Waals surface area contributed by atoms with E-state index in [2.05, 4.69) is 28.2 Å². The smallest absolute Gasteiger partial charge is 0.142 e. The van der Waals surface area contributed by atoms with Crippen LogP contribution in [0.2, 0.25) is 0 Å². The fraction of sp³-hybridized carbons (Fsp3) is 0.600. The molecule has 0 amide bonds. The van der Waals surface area contributed by atoms with Gasteiger partial charge in [-0.3, -0.25) is 0 Å². The highest BCUT2D eigenvalue weighted by atomic mass is 79.9. The summed E-state index contributed by atoms with van der Waals surface area (Å²) in [5.74, 6) is 0.372. The fourth-order valence-corrected chi connectivity index (χ4v) is 2.87. The van der Waals surface area contributed by atoms with Gasteiger partial charge in [0.25, 0.3) is 0 Å². The second-order valence-corrected chi connectivity index (χ2v) is 5.97. The molecule has 0 saturated heterocycles. The van der Waals surface area contributed by atoms with Gasteiger partial charge in [0.1, 0.15) is 5.82 Å². The Bertz CT molecular complexity index is 423. The van der Waals surface area contributed by atoms with Crippen molar-refractivity contribution in [2.75, 3.05) is 13.7 Å². The molecule has 1 saturated carbocycles. The first-order valence-electron chi connectivity index (χ1n) is 6.89. The molecular formula is C15H21BrFNO. The lowest BCUT2D eigenvalue weighted by molar-refractivity contribution is 0.0495. The summed E-state index contributed by atoms with van der Waals surface area (Å²) in [6.07, 6.45) is 3.43. The van der Waals surface area contributed by atoms with Crippen LogP contribution >= 0.6 is 15.9 Å². The molecule has 0 heterocycles. The summed E-state index contributed by atoms with van der Waals surface area (Å²) in [7, 11) is 1.72. The van der Waals surface area contributed by atoms with Crippen LogP contribution in [-0.2, 0) is 4.74 Å². The van der Waals surface area contributed by atoms with Crippen LogP contribution in [0.4, 0.5) is 4.39 Å². The summed E-state index contributed by atoms with van der Waals surface area (Å²) in [6.45, 7) is 2.98. The van der Waals surface area contributed by atoms with Crippen molar-refractivity contribution in [1.82, 2.24) is 5.32 Å². The second kappa shape index (κ2) is 6.82. The third kappa shape index (κ3) is 3.56. The Labute approximate surface area is 122 Å². The lowest BCUT2D eigenvalue weighted by Gasteiger charge is -2.28. The maximum absolute atomic E-state index is 14.3. The maximum Gasteiger partial charge on any atom is 0.142 e. The Hall–Kier alpha value is -0.450. The zero-order valence-corrected chi connectivity index (χ0v) is 13.0. The molecule has 2 unspecified atom stereocenters. The van der Waals surface area contributed by atoms with E-state index in [4.69, 9.17) is 4.74 Å². The fourth-order valence-electron chi connectivity index (χ4n) is 2.49. The van der Waals surface area contributed by atoms with Crippen molar-refractivity contribution in [3.63, 3.8) is 0 Å². The Morgan fingerprint density at radius 3 is 2.79 bits per heavy atom. The minimum atomic E-state index is -0.182. The molecular weight excluding hydrogens is 309 g/mol. The lowest BCUT2D eigenvalue weighted by atomic mass is 9.97. The Morgan fingerprint density at radius 2 is 2.21 bits per heavy atom. The number of hydrogen-bond acceptors (Lipinski definition) is 2. The van der Waals surface area contributed by atoms with E-state index < -0.39 is 0 Å². The van der Waals surface area contributed by atoms with E-state index in [-0.39, 0.29) is 18.0 Å². The van der Waals surface area contributed by atoms with Gasteiger partial charge in [0, 0.05) is 12.7 Å². The molecule has 0 radical (unpaired) electrons. The van der Waals surface area contributed by atoms with Crippen LogP contribution in [-0.4, -0.2) is 19.8 Å². The monoisotopic (exact) mass is 329 g/mol. The topological polar surface area (TPSA) is 21.3 Å². The zero-order chi connectivity index (χ0) is 13.8. The summed E-state index contributed by atoms with van der Waals surface area (Å²) < 4.78 is 20.5. The van der Waals surface area contributed by atoms with Crippen molar-refractivity contribution in [2.45, 2.75) is 38.3 Å². The van der Waals surface area contributed by atoms with Gasteiger partial charge >= 0.3 is 0 Å². The molecule has 1 aromatic carbocycles. The average Bonchev–Trinajstić information content (AvgIpc) is 3.23. The number of benzene rings is 1. The Morgan fingerprint density at radius 1 is 1.47 bits per heavy atom. The van der Waals surface area contributed by atoms with Crippen LogP contribution in [0.15, 0.2) is 22.7 Å². The second-order valence-electron chi connectivity index (χ2n) is 5.11. The van der Waals surface area contributed by atoms with Gasteiger partial charge < -0.3 is 10.1 Å². The van der Waals surface area contributed by atoms with E-state index in [9.17, 15) is 4.39 Å². The quantitative estimate of drug-likeness (QED) is 0.814. The predicted molar refractivity (Wildman–Crippen MR) is 78.7 cm³/mol. The van der Waals surface area contributed by atoms with Gasteiger partial charge in [-0.25, -0.2) is 4.39 Å². The van der Waals surface area contributed by atoms with Gasteiger partial charge in [-0.05, 0) is 53.7 Å². The molecule has 106 valence electrons. The lowest BCUT2D eigenvalue weighted by Crippen LogP contribution is -2.36. The van der Waals surface area contributed by atoms with Gasteiger partial charge in [-0.15, -0.1) is 0 Å². The van der Waals surface area contributed by atoms with Crippen molar-refractivity contribution in [2.24, 2.45) is 5.92 Å². The van der Waals surface area contributed by atoms with Crippen LogP contribution in [0.25, 0.3) is 0 Å². The molecule has 0 spiro atoms. The maximum atomic E-state index is 14.3. The van der Waals surface area contributed by atoms with Crippen molar-refractivity contribution in [3.05, 3.63) is 34.1 Å². The standard InChI is InChI=1S/C15H21BrFNO/c1-3-9-18-14(15(19-2)10-7-8-10)11-5-4-6-12(16)13(11)17/h4-6,10,14-15,18H,3,7-9H2,1-2H3. The number of nitrogens with one attached hydrogen (secondary N) is 1. The highest BCUT2D eigenvalue weighted by molar-refractivity contribution is 9.10. The van der Waals surface area contributed by atoms with Crippen molar-refractivity contribution in [3.8, 4) is 0 Å². The Balaban J connectivity index is 2.27. The summed E-state index contributed by atoms with van der Waals surface area (Å²) >= 11 is 3.26. The molecule has 1 N–H and O–H groups in total. The number of halogens is 2. The first-order chi connectivity index (χ1) is 9.19. The van der Waals surface area contributed by atoms with Gasteiger partial charge in [-0.1, -0.05) is 19.1 Å². The summed E-state index contributed by atoms with van der Waals surface area (Å²) in [5.41, 5.74) is 0.696. The molecule has 1 aromatic rings.